The van der Waals surface area contributed by atoms with E-state index in [1.165, 1.54) is 30.4 Å². The highest BCUT2D eigenvalue weighted by molar-refractivity contribution is 8.02. The third-order valence-corrected chi connectivity index (χ3v) is 4.46. The van der Waals surface area contributed by atoms with Crippen LogP contribution in [0.15, 0.2) is 4.34 Å². The fourth-order valence-electron chi connectivity index (χ4n) is 1.29. The Hall–Kier alpha value is -0.620. The monoisotopic (exact) mass is 244 g/mol. The van der Waals surface area contributed by atoms with Crippen LogP contribution in [0.1, 0.15) is 18.7 Å². The summed E-state index contributed by atoms with van der Waals surface area (Å²) < 4.78 is 9.74. The average Bonchev–Trinajstić information content (AvgIpc) is 2.98. The van der Waals surface area contributed by atoms with E-state index in [4.69, 9.17) is 4.74 Å². The summed E-state index contributed by atoms with van der Waals surface area (Å²) in [5.74, 6) is 1.09. The highest BCUT2D eigenvalue weighted by Gasteiger charge is 2.38. The smallest absolute Gasteiger partial charge is 0.319 e. The van der Waals surface area contributed by atoms with Crippen LogP contribution in [0.5, 0.6) is 0 Å². The molecule has 0 saturated heterocycles. The lowest BCUT2D eigenvalue weighted by Gasteiger charge is -2.10. The molecule has 0 spiro atoms. The summed E-state index contributed by atoms with van der Waals surface area (Å²) in [6.07, 6.45) is 2.23. The van der Waals surface area contributed by atoms with Crippen LogP contribution in [0.25, 0.3) is 0 Å². The predicted octanol–water partition coefficient (Wildman–Crippen LogP) is 1.89. The Labute approximate surface area is 96.6 Å². The SMILES string of the molecule is COC(=O)C(Sc1nc(C)ns1)C1CC1. The number of carbonyl (C=O) groups is 1. The van der Waals surface area contributed by atoms with Crippen molar-refractivity contribution in [1.29, 1.82) is 0 Å². The lowest BCUT2D eigenvalue weighted by atomic mass is 10.3. The molecule has 1 aromatic heterocycles. The summed E-state index contributed by atoms with van der Waals surface area (Å²) in [6.45, 7) is 1.85. The standard InChI is InChI=1S/C9H12N2O2S2/c1-5-10-9(15-11-5)14-7(6-3-4-6)8(12)13-2/h6-7H,3-4H2,1-2H3. The van der Waals surface area contributed by atoms with E-state index in [9.17, 15) is 4.79 Å². The number of hydrogen-bond donors (Lipinski definition) is 0. The molecule has 1 atom stereocenters. The number of esters is 1. The summed E-state index contributed by atoms with van der Waals surface area (Å²) in [5, 5.41) is -0.0950. The molecular formula is C9H12N2O2S2. The molecule has 0 aromatic carbocycles. The highest BCUT2D eigenvalue weighted by atomic mass is 32.2. The molecule has 1 aromatic rings. The van der Waals surface area contributed by atoms with E-state index in [-0.39, 0.29) is 11.2 Å². The Morgan fingerprint density at radius 2 is 2.40 bits per heavy atom. The maximum atomic E-state index is 11.5. The van der Waals surface area contributed by atoms with E-state index >= 15 is 0 Å². The lowest BCUT2D eigenvalue weighted by molar-refractivity contribution is -0.140. The fraction of sp³-hybridized carbons (Fsp3) is 0.667. The zero-order chi connectivity index (χ0) is 10.8. The van der Waals surface area contributed by atoms with E-state index in [0.29, 0.717) is 5.92 Å². The second-order valence-corrected chi connectivity index (χ2v) is 5.65. The van der Waals surface area contributed by atoms with E-state index in [0.717, 1.165) is 23.0 Å². The van der Waals surface area contributed by atoms with Crippen molar-refractivity contribution in [3.8, 4) is 0 Å². The normalized spacial score (nSPS) is 17.5. The van der Waals surface area contributed by atoms with Crippen molar-refractivity contribution in [2.24, 2.45) is 5.92 Å². The van der Waals surface area contributed by atoms with Gasteiger partial charge >= 0.3 is 5.97 Å². The minimum atomic E-state index is -0.143. The zero-order valence-corrected chi connectivity index (χ0v) is 10.2. The molecule has 15 heavy (non-hydrogen) atoms. The van der Waals surface area contributed by atoms with Gasteiger partial charge in [-0.25, -0.2) is 4.98 Å². The van der Waals surface area contributed by atoms with Gasteiger partial charge in [-0.15, -0.1) is 0 Å². The molecule has 0 radical (unpaired) electrons. The van der Waals surface area contributed by atoms with Crippen molar-refractivity contribution >= 4 is 29.3 Å². The second-order valence-electron chi connectivity index (χ2n) is 3.51. The van der Waals surface area contributed by atoms with Gasteiger partial charge in [-0.2, -0.15) is 4.37 Å². The Balaban J connectivity index is 2.03. The van der Waals surface area contributed by atoms with Gasteiger partial charge in [0.05, 0.1) is 7.11 Å². The zero-order valence-electron chi connectivity index (χ0n) is 8.60. The quantitative estimate of drug-likeness (QED) is 0.598. The molecule has 1 aliphatic carbocycles. The third-order valence-electron chi connectivity index (χ3n) is 2.22. The summed E-state index contributed by atoms with van der Waals surface area (Å²) >= 11 is 2.83. The van der Waals surface area contributed by atoms with E-state index in [1.807, 2.05) is 6.92 Å². The van der Waals surface area contributed by atoms with Crippen LogP contribution >= 0.6 is 23.3 Å². The van der Waals surface area contributed by atoms with Crippen molar-refractivity contribution in [3.63, 3.8) is 0 Å². The van der Waals surface area contributed by atoms with E-state index in [1.54, 1.807) is 0 Å². The Morgan fingerprint density at radius 1 is 1.67 bits per heavy atom. The molecule has 0 N–H and O–H groups in total. The number of aromatic nitrogens is 2. The third kappa shape index (κ3) is 2.69. The first-order chi connectivity index (χ1) is 7.20. The minimum absolute atomic E-state index is 0.0950. The fourth-order valence-corrected chi connectivity index (χ4v) is 3.36. The molecule has 0 aliphatic heterocycles. The molecule has 82 valence electrons. The molecule has 1 unspecified atom stereocenters. The van der Waals surface area contributed by atoms with E-state index < -0.39 is 0 Å². The van der Waals surface area contributed by atoms with Crippen LogP contribution in [-0.2, 0) is 9.53 Å². The van der Waals surface area contributed by atoms with Crippen LogP contribution in [0.4, 0.5) is 0 Å². The van der Waals surface area contributed by atoms with Crippen LogP contribution in [0.2, 0.25) is 0 Å². The van der Waals surface area contributed by atoms with Crippen molar-refractivity contribution in [2.45, 2.75) is 29.4 Å². The lowest BCUT2D eigenvalue weighted by Crippen LogP contribution is -2.20. The van der Waals surface area contributed by atoms with Gasteiger partial charge in [-0.1, -0.05) is 11.8 Å². The molecule has 0 bridgehead atoms. The topological polar surface area (TPSA) is 52.1 Å². The van der Waals surface area contributed by atoms with Gasteiger partial charge in [-0.05, 0) is 37.2 Å². The summed E-state index contributed by atoms with van der Waals surface area (Å²) in [7, 11) is 1.43. The van der Waals surface area contributed by atoms with Gasteiger partial charge in [0.2, 0.25) is 0 Å². The first kappa shape index (κ1) is 10.9. The summed E-state index contributed by atoms with van der Waals surface area (Å²) in [6, 6.07) is 0. The number of carbonyl (C=O) groups excluding carboxylic acids is 1. The van der Waals surface area contributed by atoms with Crippen molar-refractivity contribution in [2.75, 3.05) is 7.11 Å². The average molecular weight is 244 g/mol. The second kappa shape index (κ2) is 4.49. The largest absolute Gasteiger partial charge is 0.468 e. The maximum Gasteiger partial charge on any atom is 0.319 e. The van der Waals surface area contributed by atoms with Crippen molar-refractivity contribution in [1.82, 2.24) is 9.36 Å². The Morgan fingerprint density at radius 3 is 2.87 bits per heavy atom. The summed E-state index contributed by atoms with van der Waals surface area (Å²) in [5.41, 5.74) is 0. The Kier molecular flexibility index (Phi) is 3.25. The van der Waals surface area contributed by atoms with Crippen LogP contribution in [0, 0.1) is 12.8 Å². The molecule has 2 rings (SSSR count). The molecular weight excluding hydrogens is 232 g/mol. The van der Waals surface area contributed by atoms with Gasteiger partial charge in [-0.3, -0.25) is 4.79 Å². The van der Waals surface area contributed by atoms with Crippen molar-refractivity contribution < 1.29 is 9.53 Å². The molecule has 0 amide bonds. The molecule has 1 heterocycles. The van der Waals surface area contributed by atoms with Gasteiger partial charge in [0, 0.05) is 0 Å². The number of thioether (sulfide) groups is 1. The van der Waals surface area contributed by atoms with Crippen LogP contribution < -0.4 is 0 Å². The first-order valence-corrected chi connectivity index (χ1v) is 6.41. The maximum absolute atomic E-state index is 11.5. The molecule has 6 heteroatoms. The van der Waals surface area contributed by atoms with Gasteiger partial charge in [0.25, 0.3) is 0 Å². The number of nitrogens with zero attached hydrogens (tertiary/aromatic N) is 2. The Bertz CT molecular complexity index is 363. The first-order valence-electron chi connectivity index (χ1n) is 4.75. The number of rotatable bonds is 4. The van der Waals surface area contributed by atoms with Crippen LogP contribution in [0.3, 0.4) is 0 Å². The van der Waals surface area contributed by atoms with Crippen LogP contribution in [-0.4, -0.2) is 27.7 Å². The predicted molar refractivity (Wildman–Crippen MR) is 59.0 cm³/mol. The molecule has 4 nitrogen and oxygen atoms in total. The highest BCUT2D eigenvalue weighted by Crippen LogP contribution is 2.42. The number of ether oxygens (including phenoxy) is 1. The number of methoxy groups -OCH3 is 1. The van der Waals surface area contributed by atoms with E-state index in [2.05, 4.69) is 9.36 Å². The molecule has 1 fully saturated rings. The summed E-state index contributed by atoms with van der Waals surface area (Å²) in [4.78, 5) is 15.8. The van der Waals surface area contributed by atoms with Gasteiger partial charge in [0.1, 0.15) is 11.1 Å². The number of aryl methyl sites for hydroxylation is 1. The van der Waals surface area contributed by atoms with Gasteiger partial charge in [0.15, 0.2) is 4.34 Å². The molecule has 1 aliphatic rings. The number of hydrogen-bond acceptors (Lipinski definition) is 6. The van der Waals surface area contributed by atoms with Gasteiger partial charge < -0.3 is 4.74 Å². The molecule has 1 saturated carbocycles. The van der Waals surface area contributed by atoms with Crippen molar-refractivity contribution in [3.05, 3.63) is 5.82 Å². The minimum Gasteiger partial charge on any atom is -0.468 e.